The highest BCUT2D eigenvalue weighted by molar-refractivity contribution is 6.31. The number of nitrogens with one attached hydrogen (secondary N) is 1. The lowest BCUT2D eigenvalue weighted by atomic mass is 10.1. The Kier molecular flexibility index (Phi) is 7.53. The monoisotopic (exact) mass is 415 g/mol. The highest BCUT2D eigenvalue weighted by atomic mass is 35.5. The van der Waals surface area contributed by atoms with Crippen LogP contribution in [0.4, 0.5) is 5.69 Å². The van der Waals surface area contributed by atoms with Crippen molar-refractivity contribution in [3.8, 4) is 5.75 Å². The molecule has 29 heavy (non-hydrogen) atoms. The molecular formula is C23H30ClN3O2. The van der Waals surface area contributed by atoms with Crippen molar-refractivity contribution >= 4 is 23.2 Å². The van der Waals surface area contributed by atoms with Gasteiger partial charge in [0.15, 0.2) is 0 Å². The maximum absolute atomic E-state index is 12.8. The number of benzene rings is 2. The quantitative estimate of drug-likeness (QED) is 0.746. The third-order valence-electron chi connectivity index (χ3n) is 5.63. The van der Waals surface area contributed by atoms with Gasteiger partial charge in [0.05, 0.1) is 18.8 Å². The number of carbonyl (C=O) groups excluding carboxylic acids is 1. The van der Waals surface area contributed by atoms with Crippen molar-refractivity contribution in [3.63, 3.8) is 0 Å². The van der Waals surface area contributed by atoms with Gasteiger partial charge in [-0.05, 0) is 37.5 Å². The molecule has 6 heteroatoms. The summed E-state index contributed by atoms with van der Waals surface area (Å²) in [6.45, 7) is 8.67. The summed E-state index contributed by atoms with van der Waals surface area (Å²) in [5, 5.41) is 3.63. The van der Waals surface area contributed by atoms with Crippen molar-refractivity contribution in [2.45, 2.75) is 26.3 Å². The maximum atomic E-state index is 12.8. The molecule has 2 aromatic carbocycles. The van der Waals surface area contributed by atoms with Crippen LogP contribution >= 0.6 is 11.6 Å². The molecule has 1 atom stereocenters. The third-order valence-corrected chi connectivity index (χ3v) is 6.04. The van der Waals surface area contributed by atoms with Gasteiger partial charge in [-0.1, -0.05) is 41.9 Å². The molecule has 0 saturated carbocycles. The molecule has 156 valence electrons. The lowest BCUT2D eigenvalue weighted by molar-refractivity contribution is -0.121. The van der Waals surface area contributed by atoms with Crippen LogP contribution in [-0.2, 0) is 11.2 Å². The lowest BCUT2D eigenvalue weighted by Gasteiger charge is -2.37. The number of rotatable bonds is 7. The number of aryl methyl sites for hydroxylation is 1. The summed E-state index contributed by atoms with van der Waals surface area (Å²) >= 11 is 6.16. The Morgan fingerprint density at radius 2 is 1.86 bits per heavy atom. The summed E-state index contributed by atoms with van der Waals surface area (Å²) in [6.07, 6.45) is 1.06. The van der Waals surface area contributed by atoms with Crippen LogP contribution < -0.4 is 10.1 Å². The van der Waals surface area contributed by atoms with Crippen LogP contribution in [0.1, 0.15) is 18.1 Å². The number of methoxy groups -OCH3 is 1. The van der Waals surface area contributed by atoms with Crippen LogP contribution in [0.15, 0.2) is 42.5 Å². The van der Waals surface area contributed by atoms with E-state index in [-0.39, 0.29) is 11.9 Å². The fourth-order valence-electron chi connectivity index (χ4n) is 3.64. The number of ether oxygens (including phenoxy) is 1. The van der Waals surface area contributed by atoms with Crippen molar-refractivity contribution in [1.82, 2.24) is 9.80 Å². The van der Waals surface area contributed by atoms with Crippen LogP contribution in [-0.4, -0.2) is 61.6 Å². The predicted molar refractivity (Wildman–Crippen MR) is 119 cm³/mol. The van der Waals surface area contributed by atoms with Gasteiger partial charge in [-0.15, -0.1) is 0 Å². The van der Waals surface area contributed by atoms with E-state index in [1.54, 1.807) is 13.2 Å². The first kappa shape index (κ1) is 21.6. The number of hydrogen-bond donors (Lipinski definition) is 1. The van der Waals surface area contributed by atoms with Crippen LogP contribution in [0.3, 0.4) is 0 Å². The highest BCUT2D eigenvalue weighted by Gasteiger charge is 2.26. The normalized spacial score (nSPS) is 16.4. The van der Waals surface area contributed by atoms with Gasteiger partial charge in [-0.2, -0.15) is 0 Å². The van der Waals surface area contributed by atoms with Gasteiger partial charge in [-0.3, -0.25) is 9.69 Å². The Morgan fingerprint density at radius 1 is 1.17 bits per heavy atom. The van der Waals surface area contributed by atoms with E-state index in [4.69, 9.17) is 16.3 Å². The van der Waals surface area contributed by atoms with Crippen LogP contribution in [0.2, 0.25) is 5.02 Å². The fourth-order valence-corrected chi connectivity index (χ4v) is 3.79. The van der Waals surface area contributed by atoms with E-state index in [2.05, 4.69) is 45.4 Å². The summed E-state index contributed by atoms with van der Waals surface area (Å²) < 4.78 is 5.37. The smallest absolute Gasteiger partial charge is 0.241 e. The number of halogens is 1. The van der Waals surface area contributed by atoms with E-state index in [1.807, 2.05) is 19.9 Å². The van der Waals surface area contributed by atoms with E-state index < -0.39 is 0 Å². The molecule has 1 aliphatic heterocycles. The van der Waals surface area contributed by atoms with E-state index in [0.29, 0.717) is 16.5 Å². The number of anilines is 1. The van der Waals surface area contributed by atoms with Crippen LogP contribution in [0.25, 0.3) is 0 Å². The van der Waals surface area contributed by atoms with Crippen molar-refractivity contribution < 1.29 is 9.53 Å². The molecule has 1 N–H and O–H groups in total. The molecule has 1 amide bonds. The number of piperazine rings is 1. The maximum Gasteiger partial charge on any atom is 0.241 e. The summed E-state index contributed by atoms with van der Waals surface area (Å²) in [4.78, 5) is 17.5. The second-order valence-corrected chi connectivity index (χ2v) is 7.99. The molecule has 0 spiro atoms. The van der Waals surface area contributed by atoms with E-state index in [1.165, 1.54) is 5.56 Å². The van der Waals surface area contributed by atoms with Gasteiger partial charge in [-0.25, -0.2) is 0 Å². The van der Waals surface area contributed by atoms with Gasteiger partial charge in [0.1, 0.15) is 5.75 Å². The molecule has 0 unspecified atom stereocenters. The molecule has 0 aliphatic carbocycles. The Hall–Kier alpha value is -2.08. The topological polar surface area (TPSA) is 44.8 Å². The second-order valence-electron chi connectivity index (χ2n) is 7.58. The van der Waals surface area contributed by atoms with Gasteiger partial charge in [0.2, 0.25) is 5.91 Å². The Morgan fingerprint density at radius 3 is 2.52 bits per heavy atom. The summed E-state index contributed by atoms with van der Waals surface area (Å²) in [6, 6.07) is 14.0. The molecule has 2 aromatic rings. The zero-order chi connectivity index (χ0) is 20.8. The van der Waals surface area contributed by atoms with E-state index >= 15 is 0 Å². The van der Waals surface area contributed by atoms with E-state index in [9.17, 15) is 4.79 Å². The van der Waals surface area contributed by atoms with Gasteiger partial charge >= 0.3 is 0 Å². The van der Waals surface area contributed by atoms with Crippen molar-refractivity contribution in [3.05, 3.63) is 58.6 Å². The molecule has 0 radical (unpaired) electrons. The average molecular weight is 416 g/mol. The minimum absolute atomic E-state index is 0.0252. The largest absolute Gasteiger partial charge is 0.495 e. The first-order chi connectivity index (χ1) is 14.0. The molecule has 5 nitrogen and oxygen atoms in total. The SMILES string of the molecule is COc1cc(Cl)c(C)cc1NC(=O)[C@@H](C)N1CCN(CCc2ccccc2)CC1. The summed E-state index contributed by atoms with van der Waals surface area (Å²) in [7, 11) is 1.58. The number of carbonyl (C=O) groups is 1. The van der Waals surface area contributed by atoms with Crippen LogP contribution in [0, 0.1) is 6.92 Å². The van der Waals surface area contributed by atoms with Gasteiger partial charge < -0.3 is 15.0 Å². The first-order valence-electron chi connectivity index (χ1n) is 10.1. The Labute approximate surface area is 178 Å². The zero-order valence-corrected chi connectivity index (χ0v) is 18.2. The minimum atomic E-state index is -0.202. The molecule has 3 rings (SSSR count). The molecule has 1 fully saturated rings. The zero-order valence-electron chi connectivity index (χ0n) is 17.5. The molecular weight excluding hydrogens is 386 g/mol. The first-order valence-corrected chi connectivity index (χ1v) is 10.5. The Bertz CT molecular complexity index is 820. The van der Waals surface area contributed by atoms with Gasteiger partial charge in [0, 0.05) is 43.8 Å². The minimum Gasteiger partial charge on any atom is -0.495 e. The fraction of sp³-hybridized carbons (Fsp3) is 0.435. The average Bonchev–Trinajstić information content (AvgIpc) is 2.75. The second kappa shape index (κ2) is 10.1. The Balaban J connectivity index is 1.50. The molecule has 1 heterocycles. The van der Waals surface area contributed by atoms with Crippen molar-refractivity contribution in [2.24, 2.45) is 0 Å². The highest BCUT2D eigenvalue weighted by Crippen LogP contribution is 2.31. The van der Waals surface area contributed by atoms with Gasteiger partial charge in [0.25, 0.3) is 0 Å². The number of nitrogens with zero attached hydrogens (tertiary/aromatic N) is 2. The number of amides is 1. The number of hydrogen-bond acceptors (Lipinski definition) is 4. The third kappa shape index (κ3) is 5.72. The van der Waals surface area contributed by atoms with Crippen molar-refractivity contribution in [2.75, 3.05) is 45.2 Å². The predicted octanol–water partition coefficient (Wildman–Crippen LogP) is 3.84. The lowest BCUT2D eigenvalue weighted by Crippen LogP contribution is -2.53. The van der Waals surface area contributed by atoms with Crippen molar-refractivity contribution in [1.29, 1.82) is 0 Å². The van der Waals surface area contributed by atoms with Crippen LogP contribution in [0.5, 0.6) is 5.75 Å². The molecule has 0 bridgehead atoms. The molecule has 1 aliphatic rings. The molecule has 1 saturated heterocycles. The van der Waals surface area contributed by atoms with E-state index in [0.717, 1.165) is 44.7 Å². The summed E-state index contributed by atoms with van der Waals surface area (Å²) in [5.74, 6) is 0.551. The standard InChI is InChI=1S/C23H30ClN3O2/c1-17-15-21(22(29-3)16-20(17)24)25-23(28)18(2)27-13-11-26(12-14-27)10-9-19-7-5-4-6-8-19/h4-8,15-16,18H,9-14H2,1-3H3,(H,25,28)/t18-/m1/s1. The summed E-state index contributed by atoms with van der Waals surface area (Å²) in [5.41, 5.74) is 2.94. The molecule has 0 aromatic heterocycles.